The maximum absolute atomic E-state index is 5.97. The molecule has 0 unspecified atom stereocenters. The van der Waals surface area contributed by atoms with Crippen LogP contribution in [0.25, 0.3) is 10.9 Å². The third-order valence-electron chi connectivity index (χ3n) is 2.89. The van der Waals surface area contributed by atoms with E-state index < -0.39 is 0 Å². The van der Waals surface area contributed by atoms with Crippen LogP contribution in [0.4, 0.5) is 5.82 Å². The molecule has 0 radical (unpaired) electrons. The predicted molar refractivity (Wildman–Crippen MR) is 77.1 cm³/mol. The van der Waals surface area contributed by atoms with Crippen LogP contribution in [-0.4, -0.2) is 17.1 Å². The van der Waals surface area contributed by atoms with Crippen molar-refractivity contribution in [1.82, 2.24) is 9.97 Å². The smallest absolute Gasteiger partial charge is 0.225 e. The van der Waals surface area contributed by atoms with Crippen LogP contribution in [0, 0.1) is 0 Å². The molecule has 0 aliphatic heterocycles. The van der Waals surface area contributed by atoms with Crippen molar-refractivity contribution >= 4 is 28.3 Å². The minimum absolute atomic E-state index is 0.170. The number of rotatable bonds is 4. The largest absolute Gasteiger partial charge is 0.494 e. The van der Waals surface area contributed by atoms with Crippen LogP contribution in [0.3, 0.4) is 0 Å². The van der Waals surface area contributed by atoms with Crippen LogP contribution in [0.15, 0.2) is 41.0 Å². The first-order valence-corrected chi connectivity index (χ1v) is 6.42. The van der Waals surface area contributed by atoms with Gasteiger partial charge in [-0.2, -0.15) is 0 Å². The van der Waals surface area contributed by atoms with E-state index in [1.54, 1.807) is 13.4 Å². The summed E-state index contributed by atoms with van der Waals surface area (Å²) >= 11 is 5.97. The maximum Gasteiger partial charge on any atom is 0.225 e. The number of hydrogen-bond donors (Lipinski definition) is 1. The van der Waals surface area contributed by atoms with Crippen molar-refractivity contribution in [2.24, 2.45) is 0 Å². The van der Waals surface area contributed by atoms with Gasteiger partial charge in [0.15, 0.2) is 0 Å². The third-order valence-corrected chi connectivity index (χ3v) is 3.06. The fourth-order valence-electron chi connectivity index (χ4n) is 1.98. The van der Waals surface area contributed by atoms with Gasteiger partial charge >= 0.3 is 0 Å². The monoisotopic (exact) mass is 289 g/mol. The topological polar surface area (TPSA) is 60.2 Å². The first-order chi connectivity index (χ1) is 9.78. The Morgan fingerprint density at radius 1 is 1.25 bits per heavy atom. The van der Waals surface area contributed by atoms with Gasteiger partial charge in [-0.25, -0.2) is 9.97 Å². The summed E-state index contributed by atoms with van der Waals surface area (Å²) in [6.45, 7) is 0.520. The van der Waals surface area contributed by atoms with Gasteiger partial charge in [0.2, 0.25) is 5.28 Å². The molecule has 5 nitrogen and oxygen atoms in total. The van der Waals surface area contributed by atoms with E-state index in [9.17, 15) is 0 Å². The second kappa shape index (κ2) is 5.38. The molecular formula is C14H12ClN3O2. The van der Waals surface area contributed by atoms with Crippen molar-refractivity contribution in [3.63, 3.8) is 0 Å². The Kier molecular flexibility index (Phi) is 3.43. The second-order valence-corrected chi connectivity index (χ2v) is 4.47. The lowest BCUT2D eigenvalue weighted by Gasteiger charge is -2.10. The Balaban J connectivity index is 2.01. The highest BCUT2D eigenvalue weighted by atomic mass is 35.5. The molecule has 3 rings (SSSR count). The first-order valence-electron chi connectivity index (χ1n) is 6.04. The van der Waals surface area contributed by atoms with Gasteiger partial charge in [-0.05, 0) is 35.9 Å². The molecule has 0 aliphatic rings. The molecule has 2 heterocycles. The number of fused-ring (bicyclic) bond motifs is 1. The molecule has 0 saturated heterocycles. The molecule has 102 valence electrons. The first kappa shape index (κ1) is 12.7. The van der Waals surface area contributed by atoms with Crippen LogP contribution in [-0.2, 0) is 6.54 Å². The molecule has 0 saturated carbocycles. The molecule has 0 amide bonds. The van der Waals surface area contributed by atoms with E-state index in [0.29, 0.717) is 23.6 Å². The lowest BCUT2D eigenvalue weighted by Crippen LogP contribution is -2.03. The molecule has 3 aromatic rings. The summed E-state index contributed by atoms with van der Waals surface area (Å²) in [5.74, 6) is 2.12. The van der Waals surface area contributed by atoms with Crippen molar-refractivity contribution in [3.05, 3.63) is 47.6 Å². The Morgan fingerprint density at radius 3 is 2.90 bits per heavy atom. The highest BCUT2D eigenvalue weighted by molar-refractivity contribution is 6.29. The van der Waals surface area contributed by atoms with Crippen LogP contribution < -0.4 is 10.1 Å². The van der Waals surface area contributed by atoms with Gasteiger partial charge in [-0.3, -0.25) is 0 Å². The Hall–Kier alpha value is -2.27. The van der Waals surface area contributed by atoms with E-state index in [0.717, 1.165) is 11.1 Å². The number of nitrogens with one attached hydrogen (secondary N) is 1. The zero-order chi connectivity index (χ0) is 13.9. The minimum Gasteiger partial charge on any atom is -0.494 e. The molecule has 20 heavy (non-hydrogen) atoms. The molecule has 0 fully saturated rings. The number of ether oxygens (including phenoxy) is 1. The van der Waals surface area contributed by atoms with Gasteiger partial charge in [0.05, 0.1) is 19.9 Å². The van der Waals surface area contributed by atoms with Gasteiger partial charge in [0.25, 0.3) is 0 Å². The number of para-hydroxylation sites is 1. The van der Waals surface area contributed by atoms with Crippen LogP contribution in [0.5, 0.6) is 5.75 Å². The Labute approximate surface area is 120 Å². The van der Waals surface area contributed by atoms with Gasteiger partial charge in [-0.15, -0.1) is 0 Å². The average Bonchev–Trinajstić information content (AvgIpc) is 2.97. The molecule has 2 aromatic heterocycles. The van der Waals surface area contributed by atoms with E-state index in [2.05, 4.69) is 15.3 Å². The van der Waals surface area contributed by atoms with Gasteiger partial charge < -0.3 is 14.5 Å². The van der Waals surface area contributed by atoms with Crippen molar-refractivity contribution in [1.29, 1.82) is 0 Å². The number of hydrogen-bond acceptors (Lipinski definition) is 5. The fourth-order valence-corrected chi connectivity index (χ4v) is 2.15. The molecule has 1 N–H and O–H groups in total. The fraction of sp³-hybridized carbons (Fsp3) is 0.143. The lowest BCUT2D eigenvalue weighted by molar-refractivity contribution is 0.419. The molecule has 0 spiro atoms. The summed E-state index contributed by atoms with van der Waals surface area (Å²) in [6.07, 6.45) is 1.63. The highest BCUT2D eigenvalue weighted by Gasteiger charge is 2.10. The molecule has 0 aliphatic carbocycles. The van der Waals surface area contributed by atoms with Gasteiger partial charge in [0, 0.05) is 5.39 Å². The molecular weight excluding hydrogens is 278 g/mol. The zero-order valence-electron chi connectivity index (χ0n) is 10.8. The maximum atomic E-state index is 5.97. The second-order valence-electron chi connectivity index (χ2n) is 4.13. The molecule has 0 bridgehead atoms. The Morgan fingerprint density at radius 2 is 2.15 bits per heavy atom. The SMILES string of the molecule is COc1cccc2c(NCc3ccco3)nc(Cl)nc12. The lowest BCUT2D eigenvalue weighted by atomic mass is 10.2. The number of benzene rings is 1. The van der Waals surface area contributed by atoms with Crippen LogP contribution in [0.1, 0.15) is 5.76 Å². The number of anilines is 1. The summed E-state index contributed by atoms with van der Waals surface area (Å²) in [5, 5.41) is 4.22. The standard InChI is InChI=1S/C14H12ClN3O2/c1-19-11-6-2-5-10-12(11)17-14(15)18-13(10)16-8-9-4-3-7-20-9/h2-7H,8H2,1H3,(H,16,17,18). The normalized spacial score (nSPS) is 10.7. The number of methoxy groups -OCH3 is 1. The number of halogens is 1. The van der Waals surface area contributed by atoms with Crippen LogP contribution in [0.2, 0.25) is 5.28 Å². The molecule has 1 aromatic carbocycles. The van der Waals surface area contributed by atoms with Crippen molar-refractivity contribution in [2.75, 3.05) is 12.4 Å². The third kappa shape index (κ3) is 2.40. The van der Waals surface area contributed by atoms with E-state index in [-0.39, 0.29) is 5.28 Å². The average molecular weight is 290 g/mol. The van der Waals surface area contributed by atoms with Gasteiger partial charge in [0.1, 0.15) is 22.8 Å². The summed E-state index contributed by atoms with van der Waals surface area (Å²) < 4.78 is 10.6. The number of aromatic nitrogens is 2. The van der Waals surface area contributed by atoms with Crippen molar-refractivity contribution in [3.8, 4) is 5.75 Å². The van der Waals surface area contributed by atoms with E-state index >= 15 is 0 Å². The number of nitrogens with zero attached hydrogens (tertiary/aromatic N) is 2. The molecule has 0 atom stereocenters. The van der Waals surface area contributed by atoms with E-state index in [4.69, 9.17) is 20.8 Å². The summed E-state index contributed by atoms with van der Waals surface area (Å²) in [4.78, 5) is 8.44. The summed E-state index contributed by atoms with van der Waals surface area (Å²) in [7, 11) is 1.60. The van der Waals surface area contributed by atoms with Gasteiger partial charge in [-0.1, -0.05) is 6.07 Å². The highest BCUT2D eigenvalue weighted by Crippen LogP contribution is 2.29. The predicted octanol–water partition coefficient (Wildman–Crippen LogP) is 3.50. The molecule has 6 heteroatoms. The van der Waals surface area contributed by atoms with Crippen LogP contribution >= 0.6 is 11.6 Å². The zero-order valence-corrected chi connectivity index (χ0v) is 11.5. The summed E-state index contributed by atoms with van der Waals surface area (Å²) in [6, 6.07) is 9.36. The van der Waals surface area contributed by atoms with Crippen molar-refractivity contribution < 1.29 is 9.15 Å². The summed E-state index contributed by atoms with van der Waals surface area (Å²) in [5.41, 5.74) is 0.678. The quantitative estimate of drug-likeness (QED) is 0.745. The van der Waals surface area contributed by atoms with E-state index in [1.165, 1.54) is 0 Å². The van der Waals surface area contributed by atoms with E-state index in [1.807, 2.05) is 30.3 Å². The number of furan rings is 1. The minimum atomic E-state index is 0.170. The van der Waals surface area contributed by atoms with Crippen molar-refractivity contribution in [2.45, 2.75) is 6.54 Å². The Bertz CT molecular complexity index is 729.